The van der Waals surface area contributed by atoms with E-state index in [1.807, 2.05) is 42.5 Å². The van der Waals surface area contributed by atoms with E-state index >= 15 is 0 Å². The lowest BCUT2D eigenvalue weighted by molar-refractivity contribution is -0.128. The van der Waals surface area contributed by atoms with Crippen molar-refractivity contribution in [2.45, 2.75) is 64.1 Å². The lowest BCUT2D eigenvalue weighted by atomic mass is 9.79. The third kappa shape index (κ3) is 4.75. The average Bonchev–Trinajstić information content (AvgIpc) is 3.22. The van der Waals surface area contributed by atoms with E-state index in [2.05, 4.69) is 29.8 Å². The summed E-state index contributed by atoms with van der Waals surface area (Å²) in [6.45, 7) is 4.34. The molecule has 0 bridgehead atoms. The van der Waals surface area contributed by atoms with Gasteiger partial charge in [0.1, 0.15) is 17.2 Å². The standard InChI is InChI=1S/C27H37N3O3/c1-18(2)16-22(26(31)28-19-10-6-5-7-11-19)27(29-23-12-8-9-13-24(23)30-27)21-15-14-20(32-3)17-25(21)33-4/h8-9,12-15,17-19,22,29-30H,5-7,10-11,16H2,1-4H3,(H,28,31). The molecule has 0 aromatic heterocycles. The van der Waals surface area contributed by atoms with Gasteiger partial charge in [0.05, 0.1) is 31.5 Å². The number of amides is 1. The van der Waals surface area contributed by atoms with Crippen molar-refractivity contribution in [1.82, 2.24) is 5.32 Å². The first-order chi connectivity index (χ1) is 16.0. The second-order valence-electron chi connectivity index (χ2n) is 9.70. The van der Waals surface area contributed by atoms with Crippen LogP contribution in [0.5, 0.6) is 11.5 Å². The van der Waals surface area contributed by atoms with Crippen molar-refractivity contribution in [3.05, 3.63) is 48.0 Å². The maximum absolute atomic E-state index is 13.9. The molecule has 3 N–H and O–H groups in total. The number of benzene rings is 2. The second-order valence-corrected chi connectivity index (χ2v) is 9.70. The molecular weight excluding hydrogens is 414 g/mol. The number of carbonyl (C=O) groups is 1. The molecule has 2 aromatic rings. The Morgan fingerprint density at radius 2 is 1.70 bits per heavy atom. The van der Waals surface area contributed by atoms with Crippen LogP contribution in [0.15, 0.2) is 42.5 Å². The molecule has 1 amide bonds. The third-order valence-corrected chi connectivity index (χ3v) is 6.92. The molecule has 2 aliphatic rings. The van der Waals surface area contributed by atoms with E-state index in [4.69, 9.17) is 9.47 Å². The van der Waals surface area contributed by atoms with Gasteiger partial charge in [-0.05, 0) is 49.4 Å². The van der Waals surface area contributed by atoms with E-state index < -0.39 is 5.66 Å². The van der Waals surface area contributed by atoms with Crippen molar-refractivity contribution >= 4 is 17.3 Å². The number of hydrogen-bond donors (Lipinski definition) is 3. The second kappa shape index (κ2) is 9.94. The Morgan fingerprint density at radius 1 is 1.03 bits per heavy atom. The molecule has 1 saturated carbocycles. The number of nitrogens with one attached hydrogen (secondary N) is 3. The van der Waals surface area contributed by atoms with Crippen LogP contribution in [0.4, 0.5) is 11.4 Å². The Morgan fingerprint density at radius 3 is 2.27 bits per heavy atom. The van der Waals surface area contributed by atoms with Gasteiger partial charge in [0, 0.05) is 17.7 Å². The lowest BCUT2D eigenvalue weighted by Gasteiger charge is -2.40. The maximum atomic E-state index is 13.9. The summed E-state index contributed by atoms with van der Waals surface area (Å²) in [5, 5.41) is 10.8. The van der Waals surface area contributed by atoms with Crippen LogP contribution in [0.1, 0.15) is 57.9 Å². The van der Waals surface area contributed by atoms with Crippen LogP contribution >= 0.6 is 0 Å². The first kappa shape index (κ1) is 23.3. The minimum absolute atomic E-state index is 0.0845. The number of rotatable bonds is 8. The number of para-hydroxylation sites is 2. The molecule has 1 heterocycles. The van der Waals surface area contributed by atoms with Gasteiger partial charge in [-0.2, -0.15) is 0 Å². The number of anilines is 2. The topological polar surface area (TPSA) is 71.6 Å². The van der Waals surface area contributed by atoms with Crippen LogP contribution in [0, 0.1) is 11.8 Å². The van der Waals surface area contributed by atoms with E-state index in [1.165, 1.54) is 19.3 Å². The molecule has 33 heavy (non-hydrogen) atoms. The fraction of sp³-hybridized carbons (Fsp3) is 0.519. The van der Waals surface area contributed by atoms with Gasteiger partial charge < -0.3 is 25.4 Å². The number of fused-ring (bicyclic) bond motifs is 1. The van der Waals surface area contributed by atoms with Crippen molar-refractivity contribution in [1.29, 1.82) is 0 Å². The van der Waals surface area contributed by atoms with Crippen LogP contribution in [-0.2, 0) is 10.5 Å². The summed E-state index contributed by atoms with van der Waals surface area (Å²) in [6, 6.07) is 14.2. The highest BCUT2D eigenvalue weighted by molar-refractivity contribution is 5.86. The van der Waals surface area contributed by atoms with Crippen molar-refractivity contribution in [3.8, 4) is 11.5 Å². The highest BCUT2D eigenvalue weighted by atomic mass is 16.5. The van der Waals surface area contributed by atoms with Gasteiger partial charge in [-0.15, -0.1) is 0 Å². The SMILES string of the molecule is COc1ccc(C2(C(CC(C)C)C(=O)NC3CCCCC3)Nc3ccccc3N2)c(OC)c1. The van der Waals surface area contributed by atoms with Gasteiger partial charge in [0.2, 0.25) is 5.91 Å². The summed E-state index contributed by atoms with van der Waals surface area (Å²) in [5.74, 6) is 1.46. The molecule has 0 radical (unpaired) electrons. The van der Waals surface area contributed by atoms with Crippen LogP contribution < -0.4 is 25.4 Å². The molecule has 1 fully saturated rings. The summed E-state index contributed by atoms with van der Waals surface area (Å²) >= 11 is 0. The summed E-state index contributed by atoms with van der Waals surface area (Å²) < 4.78 is 11.3. The molecule has 178 valence electrons. The van der Waals surface area contributed by atoms with Gasteiger partial charge in [0.15, 0.2) is 0 Å². The monoisotopic (exact) mass is 451 g/mol. The largest absolute Gasteiger partial charge is 0.497 e. The van der Waals surface area contributed by atoms with Crippen molar-refractivity contribution < 1.29 is 14.3 Å². The molecular formula is C27H37N3O3. The highest BCUT2D eigenvalue weighted by Gasteiger charge is 2.50. The molecule has 1 aliphatic heterocycles. The molecule has 4 rings (SSSR count). The fourth-order valence-corrected chi connectivity index (χ4v) is 5.28. The Bertz CT molecular complexity index is 944. The molecule has 6 nitrogen and oxygen atoms in total. The molecule has 1 unspecified atom stereocenters. The Labute approximate surface area is 197 Å². The zero-order valence-electron chi connectivity index (χ0n) is 20.2. The third-order valence-electron chi connectivity index (χ3n) is 6.92. The first-order valence-electron chi connectivity index (χ1n) is 12.1. The molecule has 1 aliphatic carbocycles. The van der Waals surface area contributed by atoms with E-state index in [0.717, 1.165) is 36.2 Å². The van der Waals surface area contributed by atoms with Crippen LogP contribution in [-0.4, -0.2) is 26.2 Å². The van der Waals surface area contributed by atoms with Gasteiger partial charge in [-0.25, -0.2) is 0 Å². The van der Waals surface area contributed by atoms with E-state index in [9.17, 15) is 4.79 Å². The predicted octanol–water partition coefficient (Wildman–Crippen LogP) is 5.51. The van der Waals surface area contributed by atoms with E-state index in [1.54, 1.807) is 14.2 Å². The molecule has 0 saturated heterocycles. The minimum Gasteiger partial charge on any atom is -0.497 e. The maximum Gasteiger partial charge on any atom is 0.228 e. The molecule has 0 spiro atoms. The van der Waals surface area contributed by atoms with Crippen LogP contribution in [0.25, 0.3) is 0 Å². The Balaban J connectivity index is 1.79. The van der Waals surface area contributed by atoms with Crippen LogP contribution in [0.3, 0.4) is 0 Å². The number of carbonyl (C=O) groups excluding carboxylic acids is 1. The molecule has 6 heteroatoms. The van der Waals surface area contributed by atoms with Gasteiger partial charge >= 0.3 is 0 Å². The number of methoxy groups -OCH3 is 2. The summed E-state index contributed by atoms with van der Waals surface area (Å²) in [6.07, 6.45) is 6.45. The fourth-order valence-electron chi connectivity index (χ4n) is 5.28. The first-order valence-corrected chi connectivity index (χ1v) is 12.1. The molecule has 1 atom stereocenters. The predicted molar refractivity (Wildman–Crippen MR) is 133 cm³/mol. The Kier molecular flexibility index (Phi) is 7.01. The number of ether oxygens (including phenoxy) is 2. The Hall–Kier alpha value is -2.89. The smallest absolute Gasteiger partial charge is 0.228 e. The number of hydrogen-bond acceptors (Lipinski definition) is 5. The van der Waals surface area contributed by atoms with E-state index in [0.29, 0.717) is 17.4 Å². The van der Waals surface area contributed by atoms with Gasteiger partial charge in [-0.1, -0.05) is 45.2 Å². The summed E-state index contributed by atoms with van der Waals surface area (Å²) in [5.41, 5.74) is 2.01. The average molecular weight is 452 g/mol. The normalized spacial score (nSPS) is 18.1. The minimum atomic E-state index is -0.843. The lowest BCUT2D eigenvalue weighted by Crippen LogP contribution is -2.54. The van der Waals surface area contributed by atoms with Gasteiger partial charge in [-0.3, -0.25) is 4.79 Å². The highest BCUT2D eigenvalue weighted by Crippen LogP contribution is 2.48. The van der Waals surface area contributed by atoms with Crippen molar-refractivity contribution in [2.24, 2.45) is 11.8 Å². The summed E-state index contributed by atoms with van der Waals surface area (Å²) in [7, 11) is 3.30. The van der Waals surface area contributed by atoms with Crippen molar-refractivity contribution in [3.63, 3.8) is 0 Å². The zero-order chi connectivity index (χ0) is 23.4. The van der Waals surface area contributed by atoms with Crippen LogP contribution in [0.2, 0.25) is 0 Å². The zero-order valence-corrected chi connectivity index (χ0v) is 20.2. The van der Waals surface area contributed by atoms with Gasteiger partial charge in [0.25, 0.3) is 0 Å². The summed E-state index contributed by atoms with van der Waals surface area (Å²) in [4.78, 5) is 13.9. The van der Waals surface area contributed by atoms with E-state index in [-0.39, 0.29) is 17.9 Å². The van der Waals surface area contributed by atoms with Crippen molar-refractivity contribution in [2.75, 3.05) is 24.9 Å². The quantitative estimate of drug-likeness (QED) is 0.494. The molecule has 2 aromatic carbocycles.